The fourth-order valence-electron chi connectivity index (χ4n) is 1.34. The Kier molecular flexibility index (Phi) is 3.50. The van der Waals surface area contributed by atoms with Crippen molar-refractivity contribution in [1.82, 2.24) is 9.97 Å². The van der Waals surface area contributed by atoms with Gasteiger partial charge in [-0.15, -0.1) is 0 Å². The Labute approximate surface area is 103 Å². The van der Waals surface area contributed by atoms with Gasteiger partial charge in [-0.1, -0.05) is 11.8 Å². The van der Waals surface area contributed by atoms with Crippen LogP contribution in [0.15, 0.2) is 34.0 Å². The minimum absolute atomic E-state index is 0.0498. The van der Waals surface area contributed by atoms with Gasteiger partial charge in [-0.2, -0.15) is 0 Å². The molecule has 2 heterocycles. The number of rotatable bonds is 4. The number of nitrogen functional groups attached to an aromatic ring is 2. The van der Waals surface area contributed by atoms with Crippen molar-refractivity contribution < 1.29 is 4.42 Å². The van der Waals surface area contributed by atoms with Gasteiger partial charge in [-0.3, -0.25) is 0 Å². The Balaban J connectivity index is 2.18. The first-order valence-electron chi connectivity index (χ1n) is 4.99. The van der Waals surface area contributed by atoms with Crippen LogP contribution >= 0.6 is 11.8 Å². The molecule has 0 amide bonds. The van der Waals surface area contributed by atoms with Gasteiger partial charge >= 0.3 is 0 Å². The molecular weight excluding hydrogens is 238 g/mol. The van der Waals surface area contributed by atoms with Gasteiger partial charge in [-0.05, 0) is 12.1 Å². The summed E-state index contributed by atoms with van der Waals surface area (Å²) in [5, 5.41) is 0.445. The molecule has 0 saturated carbocycles. The van der Waals surface area contributed by atoms with E-state index in [1.54, 1.807) is 6.26 Å². The number of nitrogens with two attached hydrogens (primary N) is 3. The topological polar surface area (TPSA) is 117 Å². The lowest BCUT2D eigenvalue weighted by Crippen LogP contribution is -2.10. The largest absolute Gasteiger partial charge is 0.468 e. The van der Waals surface area contributed by atoms with Crippen molar-refractivity contribution in [1.29, 1.82) is 0 Å². The summed E-state index contributed by atoms with van der Waals surface area (Å²) in [5.41, 5.74) is 16.9. The Morgan fingerprint density at radius 2 is 2.00 bits per heavy atom. The van der Waals surface area contributed by atoms with Gasteiger partial charge in [0.2, 0.25) is 0 Å². The highest BCUT2D eigenvalue weighted by Crippen LogP contribution is 2.33. The maximum Gasteiger partial charge on any atom is 0.192 e. The molecule has 2 aromatic heterocycles. The third kappa shape index (κ3) is 2.89. The number of hydrogen-bond acceptors (Lipinski definition) is 7. The van der Waals surface area contributed by atoms with Crippen LogP contribution in [-0.4, -0.2) is 16.5 Å². The Hall–Kier alpha value is -1.73. The molecule has 0 fully saturated rings. The monoisotopic (exact) mass is 251 g/mol. The van der Waals surface area contributed by atoms with Crippen molar-refractivity contribution >= 4 is 23.4 Å². The van der Waals surface area contributed by atoms with Gasteiger partial charge in [0, 0.05) is 12.6 Å². The quantitative estimate of drug-likeness (QED) is 0.548. The summed E-state index contributed by atoms with van der Waals surface area (Å²) in [4.78, 5) is 8.17. The first-order valence-corrected chi connectivity index (χ1v) is 5.87. The molecule has 0 aliphatic heterocycles. The van der Waals surface area contributed by atoms with E-state index in [1.807, 2.05) is 12.1 Å². The molecular formula is C10H13N5OS. The lowest BCUT2D eigenvalue weighted by atomic mass is 10.3. The molecule has 0 radical (unpaired) electrons. The molecule has 6 nitrogen and oxygen atoms in total. The summed E-state index contributed by atoms with van der Waals surface area (Å²) in [6.07, 6.45) is 1.60. The van der Waals surface area contributed by atoms with E-state index in [9.17, 15) is 0 Å². The second kappa shape index (κ2) is 5.07. The smallest absolute Gasteiger partial charge is 0.192 e. The van der Waals surface area contributed by atoms with Crippen LogP contribution in [0.1, 0.15) is 11.0 Å². The average molecular weight is 251 g/mol. The molecule has 0 bridgehead atoms. The van der Waals surface area contributed by atoms with E-state index in [0.29, 0.717) is 23.3 Å². The summed E-state index contributed by atoms with van der Waals surface area (Å²) < 4.78 is 5.30. The van der Waals surface area contributed by atoms with E-state index in [2.05, 4.69) is 9.97 Å². The van der Waals surface area contributed by atoms with E-state index in [0.717, 1.165) is 5.76 Å². The fraction of sp³-hybridized carbons (Fsp3) is 0.200. The number of furan rings is 1. The summed E-state index contributed by atoms with van der Waals surface area (Å²) in [7, 11) is 0. The number of thioether (sulfide) groups is 1. The van der Waals surface area contributed by atoms with E-state index in [-0.39, 0.29) is 5.25 Å². The zero-order chi connectivity index (χ0) is 12.3. The maximum atomic E-state index is 5.69. The third-order valence-electron chi connectivity index (χ3n) is 2.07. The van der Waals surface area contributed by atoms with Crippen LogP contribution in [0, 0.1) is 0 Å². The van der Waals surface area contributed by atoms with Crippen molar-refractivity contribution in [3.8, 4) is 0 Å². The van der Waals surface area contributed by atoms with Crippen molar-refractivity contribution in [2.24, 2.45) is 5.73 Å². The van der Waals surface area contributed by atoms with E-state index in [4.69, 9.17) is 21.6 Å². The molecule has 1 unspecified atom stereocenters. The molecule has 0 spiro atoms. The molecule has 2 rings (SSSR count). The predicted octanol–water partition coefficient (Wildman–Crippen LogP) is 1.03. The van der Waals surface area contributed by atoms with Crippen LogP contribution in [-0.2, 0) is 0 Å². The van der Waals surface area contributed by atoms with E-state index in [1.165, 1.54) is 17.8 Å². The van der Waals surface area contributed by atoms with Crippen molar-refractivity contribution in [3.05, 3.63) is 30.2 Å². The molecule has 17 heavy (non-hydrogen) atoms. The number of aromatic nitrogens is 2. The number of hydrogen-bond donors (Lipinski definition) is 3. The predicted molar refractivity (Wildman–Crippen MR) is 67.2 cm³/mol. The highest BCUT2D eigenvalue weighted by Gasteiger charge is 2.16. The van der Waals surface area contributed by atoms with Crippen LogP contribution in [0.5, 0.6) is 0 Å². The second-order valence-corrected chi connectivity index (χ2v) is 4.53. The SMILES string of the molecule is NCC(Sc1nc(N)cc(N)n1)c1ccco1. The zero-order valence-electron chi connectivity index (χ0n) is 9.04. The molecule has 0 aliphatic rings. The number of anilines is 2. The van der Waals surface area contributed by atoms with Crippen molar-refractivity contribution in [2.75, 3.05) is 18.0 Å². The maximum absolute atomic E-state index is 5.69. The number of nitrogens with zero attached hydrogens (tertiary/aromatic N) is 2. The Morgan fingerprint density at radius 1 is 1.29 bits per heavy atom. The van der Waals surface area contributed by atoms with E-state index < -0.39 is 0 Å². The minimum atomic E-state index is -0.0498. The first kappa shape index (κ1) is 11.7. The highest BCUT2D eigenvalue weighted by molar-refractivity contribution is 7.99. The van der Waals surface area contributed by atoms with Gasteiger partial charge in [0.25, 0.3) is 0 Å². The summed E-state index contributed by atoms with van der Waals surface area (Å²) in [6.45, 7) is 0.413. The van der Waals surface area contributed by atoms with E-state index >= 15 is 0 Å². The molecule has 0 saturated heterocycles. The van der Waals surface area contributed by atoms with Gasteiger partial charge in [0.05, 0.1) is 11.5 Å². The fourth-order valence-corrected chi connectivity index (χ4v) is 2.26. The van der Waals surface area contributed by atoms with Gasteiger partial charge < -0.3 is 21.6 Å². The normalized spacial score (nSPS) is 12.5. The molecule has 90 valence electrons. The summed E-state index contributed by atoms with van der Waals surface area (Å²) in [6, 6.07) is 5.18. The molecule has 1 atom stereocenters. The second-order valence-electron chi connectivity index (χ2n) is 3.36. The molecule has 2 aromatic rings. The Morgan fingerprint density at radius 3 is 2.53 bits per heavy atom. The van der Waals surface area contributed by atoms with Crippen LogP contribution < -0.4 is 17.2 Å². The van der Waals surface area contributed by atoms with Gasteiger partial charge in [-0.25, -0.2) is 9.97 Å². The molecule has 0 aliphatic carbocycles. The zero-order valence-corrected chi connectivity index (χ0v) is 9.85. The average Bonchev–Trinajstić information content (AvgIpc) is 2.77. The van der Waals surface area contributed by atoms with Crippen LogP contribution in [0.4, 0.5) is 11.6 Å². The standard InChI is InChI=1S/C10H13N5OS/c11-5-7(6-2-1-3-16-6)17-10-14-8(12)4-9(13)15-10/h1-4,7H,5,11H2,(H4,12,13,14,15). The summed E-state index contributed by atoms with van der Waals surface area (Å²) >= 11 is 1.37. The Bertz CT molecular complexity index is 467. The third-order valence-corrected chi connectivity index (χ3v) is 3.17. The first-order chi connectivity index (χ1) is 8.19. The highest BCUT2D eigenvalue weighted by atomic mass is 32.2. The molecule has 6 N–H and O–H groups in total. The molecule has 7 heteroatoms. The lowest BCUT2D eigenvalue weighted by Gasteiger charge is -2.10. The van der Waals surface area contributed by atoms with Crippen LogP contribution in [0.3, 0.4) is 0 Å². The van der Waals surface area contributed by atoms with Crippen molar-refractivity contribution in [2.45, 2.75) is 10.4 Å². The molecule has 0 aromatic carbocycles. The summed E-state index contributed by atoms with van der Waals surface area (Å²) in [5.74, 6) is 1.47. The van der Waals surface area contributed by atoms with Crippen molar-refractivity contribution in [3.63, 3.8) is 0 Å². The van der Waals surface area contributed by atoms with Crippen LogP contribution in [0.25, 0.3) is 0 Å². The lowest BCUT2D eigenvalue weighted by molar-refractivity contribution is 0.507. The van der Waals surface area contributed by atoms with Gasteiger partial charge in [0.15, 0.2) is 5.16 Å². The van der Waals surface area contributed by atoms with Gasteiger partial charge in [0.1, 0.15) is 17.4 Å². The minimum Gasteiger partial charge on any atom is -0.468 e. The van der Waals surface area contributed by atoms with Crippen LogP contribution in [0.2, 0.25) is 0 Å².